The van der Waals surface area contributed by atoms with Gasteiger partial charge in [-0.15, -0.1) is 0 Å². The van der Waals surface area contributed by atoms with Gasteiger partial charge in [0.2, 0.25) is 0 Å². The van der Waals surface area contributed by atoms with Crippen LogP contribution in [0.25, 0.3) is 0 Å². The first kappa shape index (κ1) is 10.6. The molecule has 0 nitrogen and oxygen atoms in total. The maximum atomic E-state index is 3.26. The molecule has 3 radical (unpaired) electrons. The molecule has 0 aliphatic heterocycles. The second-order valence-electron chi connectivity index (χ2n) is 0.0714. The van der Waals surface area contributed by atoms with Crippen molar-refractivity contribution in [2.24, 2.45) is 0 Å². The van der Waals surface area contributed by atoms with Gasteiger partial charge in [0, 0.05) is 58.2 Å². The molecule has 0 fully saturated rings. The van der Waals surface area contributed by atoms with Crippen LogP contribution < -0.4 is 0 Å². The first-order chi connectivity index (χ1) is 1.41. The van der Waals surface area contributed by atoms with E-state index in [0.717, 1.165) is 0 Å². The molecule has 0 aromatic carbocycles. The third-order valence-electron chi connectivity index (χ3n) is 0. The van der Waals surface area contributed by atoms with Crippen molar-refractivity contribution in [3.05, 3.63) is 0 Å². The van der Waals surface area contributed by atoms with E-state index in [4.69, 9.17) is 0 Å². The van der Waals surface area contributed by atoms with Gasteiger partial charge in [0.1, 0.15) is 0 Å². The fourth-order valence-corrected chi connectivity index (χ4v) is 0. The molecule has 4 heteroatoms. The molecule has 0 saturated carbocycles. The Kier molecular flexibility index (Phi) is 26.2. The van der Waals surface area contributed by atoms with Crippen LogP contribution >= 0.6 is 24.0 Å². The Morgan fingerprint density at radius 2 is 1.25 bits per heavy atom. The van der Waals surface area contributed by atoms with Gasteiger partial charge >= 0.3 is 43.4 Å². The van der Waals surface area contributed by atoms with Gasteiger partial charge in [-0.1, -0.05) is 0 Å². The van der Waals surface area contributed by atoms with Gasteiger partial charge in [0.15, 0.2) is 0 Å². The number of hydrogen-bond donors (Lipinski definition) is 0. The van der Waals surface area contributed by atoms with Crippen molar-refractivity contribution in [1.82, 2.24) is 0 Å². The second-order valence-corrected chi connectivity index (χ2v) is 16.9. The summed E-state index contributed by atoms with van der Waals surface area (Å²) in [7, 11) is 0. The van der Waals surface area contributed by atoms with Gasteiger partial charge in [-0.25, -0.2) is 0 Å². The topological polar surface area (TPSA) is 0 Å². The van der Waals surface area contributed by atoms with Crippen molar-refractivity contribution in [1.29, 1.82) is 0 Å². The minimum absolute atomic E-state index is 0. The Bertz CT molecular complexity index is 6.00. The van der Waals surface area contributed by atoms with Crippen LogP contribution in [0.3, 0.4) is 0 Å². The molecule has 19 valence electrons. The molecule has 0 heterocycles. The fraction of sp³-hybridized carbons (Fsp3) is 0. The van der Waals surface area contributed by atoms with Crippen LogP contribution in [-0.4, -0.2) is 77.6 Å². The Balaban J connectivity index is 0. The molecule has 0 aliphatic carbocycles. The average Bonchev–Trinajstić information content (AvgIpc) is 0.918. The van der Waals surface area contributed by atoms with Crippen LogP contribution in [0.4, 0.5) is 0 Å². The van der Waals surface area contributed by atoms with E-state index in [1.165, 1.54) is 0 Å². The van der Waals surface area contributed by atoms with Gasteiger partial charge in [-0.05, 0) is 0 Å². The average molecular weight is 452 g/mol. The van der Waals surface area contributed by atoms with Crippen LogP contribution in [0.15, 0.2) is 0 Å². The maximum absolute atomic E-state index is 3.26. The molecule has 0 unspecified atom stereocenters. The van der Waals surface area contributed by atoms with Crippen LogP contribution in [0.5, 0.6) is 0 Å². The predicted molar refractivity (Wildman–Crippen MR) is 29.4 cm³/mol. The summed E-state index contributed by atoms with van der Waals surface area (Å²) in [4.78, 5) is 0. The second kappa shape index (κ2) is 9.85. The molecular formula is Br2PbRb. The summed E-state index contributed by atoms with van der Waals surface area (Å²) >= 11 is 6.22. The quantitative estimate of drug-likeness (QED) is 0.480. The Labute approximate surface area is 98.1 Å². The third-order valence-corrected chi connectivity index (χ3v) is 0. The summed E-state index contributed by atoms with van der Waals surface area (Å²) in [5.41, 5.74) is 0. The Morgan fingerprint density at radius 1 is 1.25 bits per heavy atom. The third kappa shape index (κ3) is 9.19. The van der Waals surface area contributed by atoms with Crippen molar-refractivity contribution >= 4 is 102 Å². The maximum Gasteiger partial charge on any atom is 0 e. The zero-order valence-electron chi connectivity index (χ0n) is 2.26. The minimum atomic E-state index is -0.292. The fourth-order valence-electron chi connectivity index (χ4n) is 0. The van der Waals surface area contributed by atoms with E-state index in [2.05, 4.69) is 24.0 Å². The minimum Gasteiger partial charge on any atom is 0 e. The molecule has 0 aromatic heterocycles. The molecule has 0 saturated heterocycles. The Hall–Kier alpha value is 3.69. The predicted octanol–water partition coefficient (Wildman–Crippen LogP) is 0.930. The Morgan fingerprint density at radius 3 is 1.25 bits per heavy atom. The molecule has 0 spiro atoms. The molecule has 0 N–H and O–H groups in total. The van der Waals surface area contributed by atoms with Crippen LogP contribution in [0.1, 0.15) is 0 Å². The van der Waals surface area contributed by atoms with Crippen LogP contribution in [-0.2, 0) is 0 Å². The van der Waals surface area contributed by atoms with Gasteiger partial charge in [0.05, 0.1) is 0 Å². The molecule has 0 aromatic rings. The number of hydrogen-bond acceptors (Lipinski definition) is 0. The van der Waals surface area contributed by atoms with E-state index in [9.17, 15) is 0 Å². The largest absolute Gasteiger partial charge is 0 e. The monoisotopic (exact) mass is 451 g/mol. The van der Waals surface area contributed by atoms with E-state index in [-0.39, 0.29) is 77.6 Å². The summed E-state index contributed by atoms with van der Waals surface area (Å²) in [5.74, 6) is 0. The van der Waals surface area contributed by atoms with Gasteiger partial charge in [0.25, 0.3) is 0 Å². The first-order valence-electron chi connectivity index (χ1n) is 0.378. The molecule has 0 aliphatic rings. The molecule has 0 atom stereocenters. The van der Waals surface area contributed by atoms with Crippen LogP contribution in [0, 0.1) is 0 Å². The zero-order chi connectivity index (χ0) is 2.71. The van der Waals surface area contributed by atoms with E-state index in [1.807, 2.05) is 0 Å². The van der Waals surface area contributed by atoms with E-state index in [0.29, 0.717) is 0 Å². The van der Waals surface area contributed by atoms with Gasteiger partial charge in [-0.3, -0.25) is 0 Å². The summed E-state index contributed by atoms with van der Waals surface area (Å²) in [6.07, 6.45) is 0. The van der Waals surface area contributed by atoms with E-state index < -0.39 is 0 Å². The van der Waals surface area contributed by atoms with Crippen LogP contribution in [0.2, 0.25) is 0 Å². The normalized spacial score (nSPS) is 4.50. The van der Waals surface area contributed by atoms with E-state index >= 15 is 0 Å². The molecule has 0 amide bonds. The molecule has 0 bridgehead atoms. The van der Waals surface area contributed by atoms with Crippen molar-refractivity contribution in [3.8, 4) is 0 Å². The first-order valence-corrected chi connectivity index (χ1v) is 17.2. The zero-order valence-corrected chi connectivity index (χ0v) is 14.2. The molecular weight excluding hydrogens is 452 g/mol. The van der Waals surface area contributed by atoms with Crippen molar-refractivity contribution < 1.29 is 0 Å². The van der Waals surface area contributed by atoms with Gasteiger partial charge in [-0.2, -0.15) is 0 Å². The molecule has 4 heavy (non-hydrogen) atoms. The summed E-state index contributed by atoms with van der Waals surface area (Å²) < 4.78 is 0. The van der Waals surface area contributed by atoms with Crippen molar-refractivity contribution in [2.45, 2.75) is 0 Å². The summed E-state index contributed by atoms with van der Waals surface area (Å²) in [6.45, 7) is 0. The van der Waals surface area contributed by atoms with Crippen molar-refractivity contribution in [3.63, 3.8) is 0 Å². The molecule has 0 rings (SSSR count). The standard InChI is InChI=1S/2BrH.Pb.Rb/h2*1H;;/q;;+2;/p-2. The van der Waals surface area contributed by atoms with Gasteiger partial charge < -0.3 is 0 Å². The van der Waals surface area contributed by atoms with Crippen molar-refractivity contribution in [2.75, 3.05) is 0 Å². The van der Waals surface area contributed by atoms with E-state index in [1.54, 1.807) is 0 Å². The smallest absolute Gasteiger partial charge is 0 e. The summed E-state index contributed by atoms with van der Waals surface area (Å²) in [6, 6.07) is 0. The SMILES string of the molecule is [Br][Pb][Br].[Rb]. The number of rotatable bonds is 0. The summed E-state index contributed by atoms with van der Waals surface area (Å²) in [5, 5.41) is 0. The number of halogens is 2.